The van der Waals surface area contributed by atoms with Crippen molar-refractivity contribution < 1.29 is 9.53 Å². The van der Waals surface area contributed by atoms with E-state index >= 15 is 0 Å². The third-order valence-electron chi connectivity index (χ3n) is 5.92. The maximum atomic E-state index is 12.7. The second kappa shape index (κ2) is 10.4. The molecule has 5 nitrogen and oxygen atoms in total. The van der Waals surface area contributed by atoms with Crippen LogP contribution >= 0.6 is 0 Å². The van der Waals surface area contributed by atoms with Crippen LogP contribution in [-0.4, -0.2) is 38.3 Å². The van der Waals surface area contributed by atoms with E-state index in [1.54, 1.807) is 0 Å². The summed E-state index contributed by atoms with van der Waals surface area (Å²) >= 11 is 0. The average Bonchev–Trinajstić information content (AvgIpc) is 2.85. The first-order valence-corrected chi connectivity index (χ1v) is 11.3. The van der Waals surface area contributed by atoms with Crippen LogP contribution in [0.15, 0.2) is 78.9 Å². The Balaban J connectivity index is 1.31. The topological polar surface area (TPSA) is 53.6 Å². The lowest BCUT2D eigenvalue weighted by atomic mass is 10.0. The third-order valence-corrected chi connectivity index (χ3v) is 5.92. The van der Waals surface area contributed by atoms with Crippen LogP contribution in [0.5, 0.6) is 0 Å². The number of benzene rings is 3. The van der Waals surface area contributed by atoms with Crippen LogP contribution in [0.2, 0.25) is 0 Å². The molecule has 1 amide bonds. The van der Waals surface area contributed by atoms with E-state index in [4.69, 9.17) is 4.74 Å². The number of anilines is 2. The number of hydrogen-bond donors (Lipinski definition) is 2. The summed E-state index contributed by atoms with van der Waals surface area (Å²) in [6, 6.07) is 26.6. The van der Waals surface area contributed by atoms with Gasteiger partial charge in [-0.15, -0.1) is 0 Å². The molecule has 2 atom stereocenters. The SMILES string of the molecule is C[C@@H](N[C@H](C)c1ccc(-c2ccccc2)cc1)C(=O)Nc1ccc(N2CCOCC2)cc1. The molecule has 1 aliphatic rings. The number of rotatable bonds is 7. The largest absolute Gasteiger partial charge is 0.378 e. The Hall–Kier alpha value is -3.15. The van der Waals surface area contributed by atoms with Gasteiger partial charge in [0.05, 0.1) is 19.3 Å². The smallest absolute Gasteiger partial charge is 0.241 e. The van der Waals surface area contributed by atoms with Gasteiger partial charge in [0.1, 0.15) is 0 Å². The molecular weight excluding hydrogens is 398 g/mol. The van der Waals surface area contributed by atoms with E-state index in [0.717, 1.165) is 43.2 Å². The summed E-state index contributed by atoms with van der Waals surface area (Å²) in [5, 5.41) is 6.42. The quantitative estimate of drug-likeness (QED) is 0.563. The molecule has 2 N–H and O–H groups in total. The zero-order valence-corrected chi connectivity index (χ0v) is 18.8. The van der Waals surface area contributed by atoms with Gasteiger partial charge in [-0.3, -0.25) is 10.1 Å². The van der Waals surface area contributed by atoms with E-state index in [9.17, 15) is 4.79 Å². The summed E-state index contributed by atoms with van der Waals surface area (Å²) in [5.74, 6) is -0.0446. The van der Waals surface area contributed by atoms with E-state index in [1.807, 2.05) is 37.3 Å². The standard InChI is InChI=1S/C27H31N3O2/c1-20(22-8-10-24(11-9-22)23-6-4-3-5-7-23)28-21(2)27(31)29-25-12-14-26(15-13-25)30-16-18-32-19-17-30/h3-15,20-21,28H,16-19H2,1-2H3,(H,29,31)/t20-,21-/m1/s1. The molecule has 0 spiro atoms. The maximum absolute atomic E-state index is 12.7. The Bertz CT molecular complexity index is 997. The van der Waals surface area contributed by atoms with Crippen molar-refractivity contribution in [2.24, 2.45) is 0 Å². The van der Waals surface area contributed by atoms with Crippen molar-refractivity contribution in [1.82, 2.24) is 5.32 Å². The van der Waals surface area contributed by atoms with Gasteiger partial charge in [-0.2, -0.15) is 0 Å². The van der Waals surface area contributed by atoms with Crippen molar-refractivity contribution >= 4 is 17.3 Å². The van der Waals surface area contributed by atoms with Gasteiger partial charge in [-0.25, -0.2) is 0 Å². The number of hydrogen-bond acceptors (Lipinski definition) is 4. The molecule has 0 aliphatic carbocycles. The summed E-state index contributed by atoms with van der Waals surface area (Å²) < 4.78 is 5.41. The third kappa shape index (κ3) is 5.55. The van der Waals surface area contributed by atoms with Crippen LogP contribution in [0.25, 0.3) is 11.1 Å². The van der Waals surface area contributed by atoms with E-state index in [2.05, 4.69) is 71.0 Å². The molecule has 0 aromatic heterocycles. The molecule has 166 valence electrons. The Kier molecular flexibility index (Phi) is 7.20. The molecule has 0 saturated carbocycles. The second-order valence-electron chi connectivity index (χ2n) is 8.23. The summed E-state index contributed by atoms with van der Waals surface area (Å²) in [5.41, 5.74) is 5.50. The average molecular weight is 430 g/mol. The molecule has 0 unspecified atom stereocenters. The second-order valence-corrected chi connectivity index (χ2v) is 8.23. The van der Waals surface area contributed by atoms with E-state index < -0.39 is 0 Å². The van der Waals surface area contributed by atoms with Crippen molar-refractivity contribution in [2.75, 3.05) is 36.5 Å². The first-order valence-electron chi connectivity index (χ1n) is 11.3. The molecule has 5 heteroatoms. The Morgan fingerprint density at radius 1 is 0.844 bits per heavy atom. The van der Waals surface area contributed by atoms with Crippen LogP contribution < -0.4 is 15.5 Å². The van der Waals surface area contributed by atoms with E-state index in [-0.39, 0.29) is 18.0 Å². The van der Waals surface area contributed by atoms with E-state index in [0.29, 0.717) is 0 Å². The van der Waals surface area contributed by atoms with Crippen LogP contribution in [0, 0.1) is 0 Å². The minimum absolute atomic E-state index is 0.0446. The number of ether oxygens (including phenoxy) is 1. The molecular formula is C27H31N3O2. The zero-order chi connectivity index (χ0) is 22.3. The summed E-state index contributed by atoms with van der Waals surface area (Å²) in [4.78, 5) is 15.0. The first-order chi connectivity index (χ1) is 15.6. The number of morpholine rings is 1. The van der Waals surface area contributed by atoms with Crippen molar-refractivity contribution in [1.29, 1.82) is 0 Å². The fourth-order valence-corrected chi connectivity index (χ4v) is 3.97. The van der Waals surface area contributed by atoms with E-state index in [1.165, 1.54) is 11.1 Å². The molecule has 0 bridgehead atoms. The summed E-state index contributed by atoms with van der Waals surface area (Å²) in [6.07, 6.45) is 0. The van der Waals surface area contributed by atoms with Crippen molar-refractivity contribution in [3.05, 3.63) is 84.4 Å². The Morgan fingerprint density at radius 2 is 1.47 bits per heavy atom. The normalized spacial score (nSPS) is 15.8. The molecule has 1 saturated heterocycles. The van der Waals surface area contributed by atoms with Gasteiger partial charge in [-0.1, -0.05) is 54.6 Å². The fraction of sp³-hybridized carbons (Fsp3) is 0.296. The monoisotopic (exact) mass is 429 g/mol. The molecule has 1 fully saturated rings. The number of amides is 1. The molecule has 1 heterocycles. The van der Waals surface area contributed by atoms with Gasteiger partial charge in [-0.05, 0) is 54.8 Å². The molecule has 32 heavy (non-hydrogen) atoms. The highest BCUT2D eigenvalue weighted by Gasteiger charge is 2.17. The minimum Gasteiger partial charge on any atom is -0.378 e. The van der Waals surface area contributed by atoms with Crippen molar-refractivity contribution in [2.45, 2.75) is 25.9 Å². The lowest BCUT2D eigenvalue weighted by Gasteiger charge is -2.29. The van der Waals surface area contributed by atoms with Crippen molar-refractivity contribution in [3.63, 3.8) is 0 Å². The minimum atomic E-state index is -0.322. The van der Waals surface area contributed by atoms with Crippen LogP contribution in [0.4, 0.5) is 11.4 Å². The summed E-state index contributed by atoms with van der Waals surface area (Å²) in [7, 11) is 0. The van der Waals surface area contributed by atoms with Gasteiger partial charge in [0.25, 0.3) is 0 Å². The Labute approximate surface area is 190 Å². The molecule has 0 radical (unpaired) electrons. The highest BCUT2D eigenvalue weighted by atomic mass is 16.5. The van der Waals surface area contributed by atoms with Crippen LogP contribution in [0.1, 0.15) is 25.5 Å². The molecule has 3 aromatic rings. The van der Waals surface area contributed by atoms with Crippen molar-refractivity contribution in [3.8, 4) is 11.1 Å². The number of nitrogens with zero attached hydrogens (tertiary/aromatic N) is 1. The van der Waals surface area contributed by atoms with Gasteiger partial charge >= 0.3 is 0 Å². The van der Waals surface area contributed by atoms with Gasteiger partial charge in [0.2, 0.25) is 5.91 Å². The lowest BCUT2D eigenvalue weighted by molar-refractivity contribution is -0.117. The number of carbonyl (C=O) groups is 1. The fourth-order valence-electron chi connectivity index (χ4n) is 3.97. The van der Waals surface area contributed by atoms with Gasteiger partial charge in [0, 0.05) is 30.5 Å². The number of carbonyl (C=O) groups excluding carboxylic acids is 1. The van der Waals surface area contributed by atoms with Gasteiger partial charge < -0.3 is 15.0 Å². The lowest BCUT2D eigenvalue weighted by Crippen LogP contribution is -2.39. The highest BCUT2D eigenvalue weighted by Crippen LogP contribution is 2.22. The Morgan fingerprint density at radius 3 is 2.12 bits per heavy atom. The maximum Gasteiger partial charge on any atom is 0.241 e. The molecule has 4 rings (SSSR count). The van der Waals surface area contributed by atoms with Gasteiger partial charge in [0.15, 0.2) is 0 Å². The summed E-state index contributed by atoms with van der Waals surface area (Å²) in [6.45, 7) is 7.29. The number of nitrogens with one attached hydrogen (secondary N) is 2. The predicted molar refractivity (Wildman–Crippen MR) is 131 cm³/mol. The highest BCUT2D eigenvalue weighted by molar-refractivity contribution is 5.94. The molecule has 1 aliphatic heterocycles. The molecule has 3 aromatic carbocycles. The zero-order valence-electron chi connectivity index (χ0n) is 18.8. The van der Waals surface area contributed by atoms with Crippen LogP contribution in [-0.2, 0) is 9.53 Å². The predicted octanol–water partition coefficient (Wildman–Crippen LogP) is 4.87. The first kappa shape index (κ1) is 22.1. The van der Waals surface area contributed by atoms with Crippen LogP contribution in [0.3, 0.4) is 0 Å².